The Hall–Kier alpha value is -1.81. The molecule has 1 aromatic rings. The molecule has 4 heteroatoms. The largest absolute Gasteiger partial charge is 0.504 e. The fourth-order valence-corrected chi connectivity index (χ4v) is 3.08. The van der Waals surface area contributed by atoms with Crippen LogP contribution in [0.5, 0.6) is 11.5 Å². The van der Waals surface area contributed by atoms with E-state index >= 15 is 0 Å². The Morgan fingerprint density at radius 2 is 1.70 bits per heavy atom. The molecule has 2 N–H and O–H groups in total. The minimum Gasteiger partial charge on any atom is -0.504 e. The smallest absolute Gasteiger partial charge is 0.161 e. The molecule has 1 aromatic carbocycles. The van der Waals surface area contributed by atoms with Crippen molar-refractivity contribution in [3.8, 4) is 11.5 Å². The number of methoxy groups -OCH3 is 1. The average Bonchev–Trinajstić information content (AvgIpc) is 2.66. The second-order valence-electron chi connectivity index (χ2n) is 7.21. The van der Waals surface area contributed by atoms with Crippen molar-refractivity contribution in [2.24, 2.45) is 0 Å². The molecule has 0 aliphatic carbocycles. The summed E-state index contributed by atoms with van der Waals surface area (Å²) >= 11 is 0. The number of benzene rings is 1. The molecular weight excluding hydrogens is 340 g/mol. The zero-order valence-electron chi connectivity index (χ0n) is 17.0. The molecule has 4 nitrogen and oxygen atoms in total. The highest BCUT2D eigenvalue weighted by Crippen LogP contribution is 2.26. The van der Waals surface area contributed by atoms with Crippen molar-refractivity contribution in [2.45, 2.75) is 83.7 Å². The highest BCUT2D eigenvalue weighted by Gasteiger charge is 2.08. The van der Waals surface area contributed by atoms with Gasteiger partial charge in [0, 0.05) is 6.42 Å². The lowest BCUT2D eigenvalue weighted by Crippen LogP contribution is -2.11. The number of hydrogen-bond donors (Lipinski definition) is 2. The number of phenolic OH excluding ortho intramolecular Hbond substituents is 1. The Morgan fingerprint density at radius 3 is 2.33 bits per heavy atom. The maximum absolute atomic E-state index is 12.0. The second kappa shape index (κ2) is 14.3. The van der Waals surface area contributed by atoms with E-state index in [4.69, 9.17) is 4.74 Å². The monoisotopic (exact) mass is 376 g/mol. The van der Waals surface area contributed by atoms with Crippen LogP contribution in [0.2, 0.25) is 0 Å². The van der Waals surface area contributed by atoms with Crippen molar-refractivity contribution >= 4 is 11.9 Å². The lowest BCUT2D eigenvalue weighted by Gasteiger charge is -2.08. The lowest BCUT2D eigenvalue weighted by atomic mass is 10.0. The van der Waals surface area contributed by atoms with Crippen LogP contribution in [-0.2, 0) is 4.79 Å². The van der Waals surface area contributed by atoms with E-state index in [9.17, 15) is 15.0 Å². The summed E-state index contributed by atoms with van der Waals surface area (Å²) in [6.07, 6.45) is 14.6. The summed E-state index contributed by atoms with van der Waals surface area (Å²) in [5.74, 6) is 0.345. The SMILES string of the molecule is CCCCCCCCCCC[C@H](O)CC(=O)/C=C/c1ccc(O)c(OC)c1. The summed E-state index contributed by atoms with van der Waals surface area (Å²) in [6.45, 7) is 2.23. The van der Waals surface area contributed by atoms with Gasteiger partial charge in [-0.2, -0.15) is 0 Å². The van der Waals surface area contributed by atoms with E-state index in [1.54, 1.807) is 18.2 Å². The minimum absolute atomic E-state index is 0.0670. The number of aliphatic hydroxyl groups is 1. The van der Waals surface area contributed by atoms with Gasteiger partial charge in [0.1, 0.15) is 0 Å². The molecule has 0 unspecified atom stereocenters. The molecule has 27 heavy (non-hydrogen) atoms. The van der Waals surface area contributed by atoms with Crippen molar-refractivity contribution < 1.29 is 19.7 Å². The van der Waals surface area contributed by atoms with E-state index in [-0.39, 0.29) is 18.0 Å². The normalized spacial score (nSPS) is 12.4. The summed E-state index contributed by atoms with van der Waals surface area (Å²) in [5.41, 5.74) is 0.770. The predicted octanol–water partition coefficient (Wildman–Crippen LogP) is 5.66. The van der Waals surface area contributed by atoms with Crippen molar-refractivity contribution in [3.63, 3.8) is 0 Å². The number of aliphatic hydroxyl groups excluding tert-OH is 1. The third kappa shape index (κ3) is 10.8. The van der Waals surface area contributed by atoms with E-state index in [2.05, 4.69) is 6.92 Å². The number of hydrogen-bond acceptors (Lipinski definition) is 4. The molecule has 0 radical (unpaired) electrons. The number of unbranched alkanes of at least 4 members (excludes halogenated alkanes) is 8. The van der Waals surface area contributed by atoms with Crippen LogP contribution >= 0.6 is 0 Å². The molecular formula is C23H36O4. The molecule has 1 atom stereocenters. The molecule has 0 aliphatic heterocycles. The van der Waals surface area contributed by atoms with E-state index in [1.165, 1.54) is 64.2 Å². The molecule has 0 amide bonds. The van der Waals surface area contributed by atoms with Crippen LogP contribution < -0.4 is 4.74 Å². The van der Waals surface area contributed by atoms with Crippen LogP contribution in [0.15, 0.2) is 24.3 Å². The first-order chi connectivity index (χ1) is 13.1. The van der Waals surface area contributed by atoms with Crippen molar-refractivity contribution in [1.82, 2.24) is 0 Å². The molecule has 1 rings (SSSR count). The molecule has 152 valence electrons. The fraction of sp³-hybridized carbons (Fsp3) is 0.609. The molecule has 0 heterocycles. The van der Waals surface area contributed by atoms with E-state index in [0.717, 1.165) is 18.4 Å². The minimum atomic E-state index is -0.568. The third-order valence-corrected chi connectivity index (χ3v) is 4.74. The molecule has 0 spiro atoms. The van der Waals surface area contributed by atoms with Gasteiger partial charge in [0.05, 0.1) is 13.2 Å². The lowest BCUT2D eigenvalue weighted by molar-refractivity contribution is -0.116. The highest BCUT2D eigenvalue weighted by atomic mass is 16.5. The zero-order chi connectivity index (χ0) is 19.9. The topological polar surface area (TPSA) is 66.8 Å². The van der Waals surface area contributed by atoms with Crippen LogP contribution in [0.3, 0.4) is 0 Å². The highest BCUT2D eigenvalue weighted by molar-refractivity contribution is 5.93. The number of carbonyl (C=O) groups is 1. The standard InChI is InChI=1S/C23H36O4/c1-3-4-5-6-7-8-9-10-11-12-20(24)18-21(25)15-13-19-14-16-22(26)23(17-19)27-2/h13-17,20,24,26H,3-12,18H2,1-2H3/b15-13+/t20-/m0/s1. The van der Waals surface area contributed by atoms with Crippen LogP contribution in [-0.4, -0.2) is 29.2 Å². The molecule has 0 saturated heterocycles. The van der Waals surface area contributed by atoms with Crippen molar-refractivity contribution in [3.05, 3.63) is 29.8 Å². The number of rotatable bonds is 15. The molecule has 0 fully saturated rings. The molecule has 0 aliphatic rings. The quantitative estimate of drug-likeness (QED) is 0.306. The van der Waals surface area contributed by atoms with Gasteiger partial charge in [-0.3, -0.25) is 4.79 Å². The zero-order valence-corrected chi connectivity index (χ0v) is 17.0. The number of phenols is 1. The van der Waals surface area contributed by atoms with E-state index < -0.39 is 6.10 Å². The van der Waals surface area contributed by atoms with Crippen molar-refractivity contribution in [2.75, 3.05) is 7.11 Å². The first-order valence-corrected chi connectivity index (χ1v) is 10.3. The van der Waals surface area contributed by atoms with Gasteiger partial charge in [0.15, 0.2) is 17.3 Å². The van der Waals surface area contributed by atoms with Gasteiger partial charge in [-0.1, -0.05) is 76.9 Å². The van der Waals surface area contributed by atoms with E-state index in [0.29, 0.717) is 12.2 Å². The Balaban J connectivity index is 2.17. The molecule has 0 saturated carbocycles. The summed E-state index contributed by atoms with van der Waals surface area (Å²) in [4.78, 5) is 12.0. The maximum atomic E-state index is 12.0. The Kier molecular flexibility index (Phi) is 12.3. The van der Waals surface area contributed by atoms with Crippen LogP contribution in [0.1, 0.15) is 83.1 Å². The van der Waals surface area contributed by atoms with Gasteiger partial charge >= 0.3 is 0 Å². The Bertz CT molecular complexity index is 565. The summed E-state index contributed by atoms with van der Waals surface area (Å²) < 4.78 is 5.04. The summed E-state index contributed by atoms with van der Waals surface area (Å²) in [5, 5.41) is 19.6. The summed E-state index contributed by atoms with van der Waals surface area (Å²) in [6, 6.07) is 4.90. The van der Waals surface area contributed by atoms with Gasteiger partial charge in [0.25, 0.3) is 0 Å². The number of carbonyl (C=O) groups excluding carboxylic acids is 1. The van der Waals surface area contributed by atoms with Gasteiger partial charge in [-0.15, -0.1) is 0 Å². The van der Waals surface area contributed by atoms with Crippen LogP contribution in [0.25, 0.3) is 6.08 Å². The Morgan fingerprint density at radius 1 is 1.07 bits per heavy atom. The third-order valence-electron chi connectivity index (χ3n) is 4.74. The summed E-state index contributed by atoms with van der Waals surface area (Å²) in [7, 11) is 1.48. The average molecular weight is 377 g/mol. The van der Waals surface area contributed by atoms with Crippen molar-refractivity contribution in [1.29, 1.82) is 0 Å². The van der Waals surface area contributed by atoms with E-state index in [1.807, 2.05) is 0 Å². The molecule has 0 bridgehead atoms. The first-order valence-electron chi connectivity index (χ1n) is 10.3. The first kappa shape index (κ1) is 23.2. The van der Waals surface area contributed by atoms with Gasteiger partial charge in [-0.05, 0) is 30.2 Å². The Labute approximate surface area is 164 Å². The van der Waals surface area contributed by atoms with Gasteiger partial charge < -0.3 is 14.9 Å². The molecule has 0 aromatic heterocycles. The van der Waals surface area contributed by atoms with Crippen LogP contribution in [0, 0.1) is 0 Å². The fourth-order valence-electron chi connectivity index (χ4n) is 3.08. The van der Waals surface area contributed by atoms with Gasteiger partial charge in [0.2, 0.25) is 0 Å². The maximum Gasteiger partial charge on any atom is 0.161 e. The number of ketones is 1. The van der Waals surface area contributed by atoms with Crippen LogP contribution in [0.4, 0.5) is 0 Å². The number of ether oxygens (including phenoxy) is 1. The second-order valence-corrected chi connectivity index (χ2v) is 7.21. The predicted molar refractivity (Wildman–Crippen MR) is 111 cm³/mol. The van der Waals surface area contributed by atoms with Gasteiger partial charge in [-0.25, -0.2) is 0 Å². The number of aromatic hydroxyl groups is 1. The number of allylic oxidation sites excluding steroid dienone is 1.